The summed E-state index contributed by atoms with van der Waals surface area (Å²) in [7, 11) is 1.72. The average molecular weight is 482 g/mol. The smallest absolute Gasteiger partial charge is 0.341 e. The van der Waals surface area contributed by atoms with Gasteiger partial charge in [-0.1, -0.05) is 41.0 Å². The molecule has 0 saturated carbocycles. The van der Waals surface area contributed by atoms with E-state index < -0.39 is 17.6 Å². The van der Waals surface area contributed by atoms with Crippen molar-refractivity contribution in [3.05, 3.63) is 70.1 Å². The largest absolute Gasteiger partial charge is 0.462 e. The summed E-state index contributed by atoms with van der Waals surface area (Å²) < 4.78 is 38.0. The third-order valence-corrected chi connectivity index (χ3v) is 6.46. The lowest BCUT2D eigenvalue weighted by molar-refractivity contribution is 0.0520. The molecule has 0 bridgehead atoms. The quantitative estimate of drug-likeness (QED) is 0.315. The van der Waals surface area contributed by atoms with Crippen LogP contribution in [0.2, 0.25) is 10.2 Å². The van der Waals surface area contributed by atoms with E-state index in [2.05, 4.69) is 5.10 Å². The Hall–Kier alpha value is -2.55. The third kappa shape index (κ3) is 3.79. The molecule has 2 aromatic heterocycles. The summed E-state index contributed by atoms with van der Waals surface area (Å²) in [6, 6.07) is 7.44. The first-order valence-electron chi connectivity index (χ1n) is 9.13. The number of rotatable bonds is 5. The SMILES string of the molecule is CCOC(=O)c1cccc(Sc2c(Cl)n(-c3cnn(C)c3)c3c(F)c(Cl)ccc23)c1F. The van der Waals surface area contributed by atoms with Gasteiger partial charge in [0, 0.05) is 23.5 Å². The molecule has 0 amide bonds. The zero-order valence-corrected chi connectivity index (χ0v) is 18.7. The first-order valence-corrected chi connectivity index (χ1v) is 10.7. The zero-order chi connectivity index (χ0) is 22.3. The number of ether oxygens (including phenoxy) is 1. The van der Waals surface area contributed by atoms with Crippen LogP contribution in [0.4, 0.5) is 8.78 Å². The van der Waals surface area contributed by atoms with Crippen LogP contribution in [0.15, 0.2) is 52.5 Å². The Morgan fingerprint density at radius 2 is 1.97 bits per heavy atom. The Balaban J connectivity index is 1.90. The van der Waals surface area contributed by atoms with Crippen molar-refractivity contribution in [1.82, 2.24) is 14.3 Å². The maximum atomic E-state index is 15.1. The fraction of sp³-hybridized carbons (Fsp3) is 0.143. The van der Waals surface area contributed by atoms with Crippen LogP contribution in [0.25, 0.3) is 16.6 Å². The number of hydrogen-bond donors (Lipinski definition) is 0. The molecule has 31 heavy (non-hydrogen) atoms. The average Bonchev–Trinajstić information content (AvgIpc) is 3.28. The van der Waals surface area contributed by atoms with E-state index in [0.717, 1.165) is 11.8 Å². The van der Waals surface area contributed by atoms with Crippen molar-refractivity contribution in [2.45, 2.75) is 16.7 Å². The third-order valence-electron chi connectivity index (χ3n) is 4.54. The van der Waals surface area contributed by atoms with Crippen molar-refractivity contribution in [3.8, 4) is 5.69 Å². The molecule has 0 fully saturated rings. The van der Waals surface area contributed by atoms with Gasteiger partial charge in [0.15, 0.2) is 11.6 Å². The molecule has 0 aliphatic rings. The molecule has 5 nitrogen and oxygen atoms in total. The van der Waals surface area contributed by atoms with Crippen LogP contribution in [0.5, 0.6) is 0 Å². The van der Waals surface area contributed by atoms with Gasteiger partial charge in [0.1, 0.15) is 5.15 Å². The second-order valence-electron chi connectivity index (χ2n) is 6.53. The minimum absolute atomic E-state index is 0.0705. The first kappa shape index (κ1) is 21.7. The summed E-state index contributed by atoms with van der Waals surface area (Å²) in [6.07, 6.45) is 3.20. The number of aryl methyl sites for hydroxylation is 1. The van der Waals surface area contributed by atoms with Crippen molar-refractivity contribution in [2.75, 3.05) is 6.61 Å². The normalized spacial score (nSPS) is 11.3. The Labute approximate surface area is 190 Å². The predicted octanol–water partition coefficient (Wildman–Crippen LogP) is 6.28. The van der Waals surface area contributed by atoms with E-state index >= 15 is 8.78 Å². The van der Waals surface area contributed by atoms with Crippen LogP contribution in [0, 0.1) is 11.6 Å². The number of benzene rings is 2. The van der Waals surface area contributed by atoms with E-state index in [1.807, 2.05) is 0 Å². The van der Waals surface area contributed by atoms with Gasteiger partial charge in [0.25, 0.3) is 0 Å². The summed E-state index contributed by atoms with van der Waals surface area (Å²) in [5.74, 6) is -2.15. The number of hydrogen-bond acceptors (Lipinski definition) is 4. The molecule has 0 saturated heterocycles. The van der Waals surface area contributed by atoms with Gasteiger partial charge in [-0.15, -0.1) is 0 Å². The molecule has 0 N–H and O–H groups in total. The Morgan fingerprint density at radius 3 is 2.65 bits per heavy atom. The van der Waals surface area contributed by atoms with Gasteiger partial charge in [0.05, 0.1) is 39.5 Å². The van der Waals surface area contributed by atoms with Crippen molar-refractivity contribution in [1.29, 1.82) is 0 Å². The van der Waals surface area contributed by atoms with E-state index in [-0.39, 0.29) is 32.8 Å². The van der Waals surface area contributed by atoms with E-state index in [9.17, 15) is 4.79 Å². The van der Waals surface area contributed by atoms with Gasteiger partial charge in [-0.25, -0.2) is 13.6 Å². The van der Waals surface area contributed by atoms with Crippen LogP contribution in [0.3, 0.4) is 0 Å². The van der Waals surface area contributed by atoms with Crippen molar-refractivity contribution in [2.24, 2.45) is 7.05 Å². The lowest BCUT2D eigenvalue weighted by Gasteiger charge is -2.08. The van der Waals surface area contributed by atoms with Gasteiger partial charge in [-0.05, 0) is 31.2 Å². The van der Waals surface area contributed by atoms with Gasteiger partial charge < -0.3 is 4.74 Å². The summed E-state index contributed by atoms with van der Waals surface area (Å²) in [5, 5.41) is 4.65. The molecule has 0 aliphatic carbocycles. The molecule has 160 valence electrons. The van der Waals surface area contributed by atoms with E-state index in [4.69, 9.17) is 27.9 Å². The second-order valence-corrected chi connectivity index (χ2v) is 8.34. The standard InChI is InChI=1S/C21H15Cl2F2N3O2S/c1-3-30-21(29)12-5-4-6-15(16(12)24)31-19-13-7-8-14(22)17(25)18(13)28(20(19)23)11-9-26-27(2)10-11/h4-10H,3H2,1-2H3. The number of nitrogens with zero attached hydrogens (tertiary/aromatic N) is 3. The number of carbonyl (C=O) groups is 1. The molecule has 0 atom stereocenters. The van der Waals surface area contributed by atoms with Crippen molar-refractivity contribution >= 4 is 51.8 Å². The zero-order valence-electron chi connectivity index (χ0n) is 16.3. The molecule has 0 radical (unpaired) electrons. The minimum atomic E-state index is -0.760. The number of fused-ring (bicyclic) bond motifs is 1. The van der Waals surface area contributed by atoms with Gasteiger partial charge in [-0.2, -0.15) is 5.10 Å². The van der Waals surface area contributed by atoms with E-state index in [1.54, 1.807) is 37.0 Å². The molecule has 10 heteroatoms. The van der Waals surface area contributed by atoms with Crippen molar-refractivity contribution < 1.29 is 18.3 Å². The molecular weight excluding hydrogens is 467 g/mol. The Kier molecular flexibility index (Phi) is 5.96. The van der Waals surface area contributed by atoms with Crippen LogP contribution >= 0.6 is 35.0 Å². The van der Waals surface area contributed by atoms with Crippen LogP contribution < -0.4 is 0 Å². The Bertz CT molecular complexity index is 1320. The molecule has 4 aromatic rings. The fourth-order valence-corrected chi connectivity index (χ4v) is 4.75. The topological polar surface area (TPSA) is 49.1 Å². The van der Waals surface area contributed by atoms with E-state index in [1.165, 1.54) is 29.0 Å². The number of carbonyl (C=O) groups excluding carboxylic acids is 1. The minimum Gasteiger partial charge on any atom is -0.462 e. The van der Waals surface area contributed by atoms with Crippen LogP contribution in [-0.2, 0) is 11.8 Å². The highest BCUT2D eigenvalue weighted by Gasteiger charge is 2.25. The monoisotopic (exact) mass is 481 g/mol. The van der Waals surface area contributed by atoms with Crippen LogP contribution in [0.1, 0.15) is 17.3 Å². The molecule has 2 heterocycles. The number of esters is 1. The maximum absolute atomic E-state index is 15.1. The molecule has 0 aliphatic heterocycles. The predicted molar refractivity (Wildman–Crippen MR) is 116 cm³/mol. The second kappa shape index (κ2) is 8.53. The van der Waals surface area contributed by atoms with Crippen LogP contribution in [-0.4, -0.2) is 26.9 Å². The highest BCUT2D eigenvalue weighted by Crippen LogP contribution is 2.45. The molecule has 0 spiro atoms. The molecule has 2 aromatic carbocycles. The summed E-state index contributed by atoms with van der Waals surface area (Å²) in [5.41, 5.74) is 0.481. The van der Waals surface area contributed by atoms with Gasteiger partial charge in [0.2, 0.25) is 0 Å². The lowest BCUT2D eigenvalue weighted by Crippen LogP contribution is -2.07. The summed E-state index contributed by atoms with van der Waals surface area (Å²) in [6.45, 7) is 1.77. The first-order chi connectivity index (χ1) is 14.8. The molecular formula is C21H15Cl2F2N3O2S. The number of aromatic nitrogens is 3. The Morgan fingerprint density at radius 1 is 1.19 bits per heavy atom. The lowest BCUT2D eigenvalue weighted by atomic mass is 10.2. The highest BCUT2D eigenvalue weighted by molar-refractivity contribution is 7.99. The highest BCUT2D eigenvalue weighted by atomic mass is 35.5. The fourth-order valence-electron chi connectivity index (χ4n) is 3.18. The number of halogens is 4. The van der Waals surface area contributed by atoms with E-state index in [0.29, 0.717) is 16.0 Å². The summed E-state index contributed by atoms with van der Waals surface area (Å²) >= 11 is 13.7. The molecule has 4 rings (SSSR count). The van der Waals surface area contributed by atoms with Gasteiger partial charge >= 0.3 is 5.97 Å². The molecule has 0 unspecified atom stereocenters. The van der Waals surface area contributed by atoms with Crippen molar-refractivity contribution in [3.63, 3.8) is 0 Å². The maximum Gasteiger partial charge on any atom is 0.341 e. The van der Waals surface area contributed by atoms with Gasteiger partial charge in [-0.3, -0.25) is 9.25 Å². The summed E-state index contributed by atoms with van der Waals surface area (Å²) in [4.78, 5) is 12.6.